The minimum absolute atomic E-state index is 0.0939. The molecule has 0 radical (unpaired) electrons. The fourth-order valence-corrected chi connectivity index (χ4v) is 4.53. The first-order chi connectivity index (χ1) is 15.3. The molecule has 0 aliphatic carbocycles. The molecular weight excluding hydrogens is 394 g/mol. The molecule has 2 aliphatic heterocycles. The van der Waals surface area contributed by atoms with Gasteiger partial charge in [0.25, 0.3) is 0 Å². The fraction of sp³-hybridized carbons (Fsp3) is 0.652. The summed E-state index contributed by atoms with van der Waals surface area (Å²) < 4.78 is 12.9. The smallest absolute Gasteiger partial charge is 0.223 e. The summed E-state index contributed by atoms with van der Waals surface area (Å²) in [7, 11) is 1.73. The largest absolute Gasteiger partial charge is 0.383 e. The molecule has 8 heteroatoms. The van der Waals surface area contributed by atoms with Crippen LogP contribution >= 0.6 is 0 Å². The molecule has 0 bridgehead atoms. The van der Waals surface area contributed by atoms with Crippen LogP contribution in [0, 0.1) is 5.92 Å². The number of hydrogen-bond donors (Lipinski definition) is 1. The van der Waals surface area contributed by atoms with Gasteiger partial charge < -0.3 is 24.3 Å². The zero-order chi connectivity index (χ0) is 21.5. The van der Waals surface area contributed by atoms with E-state index in [4.69, 9.17) is 14.5 Å². The zero-order valence-corrected chi connectivity index (χ0v) is 18.6. The maximum Gasteiger partial charge on any atom is 0.223 e. The number of benzene rings is 1. The summed E-state index contributed by atoms with van der Waals surface area (Å²) in [6.07, 6.45) is 2.72. The summed E-state index contributed by atoms with van der Waals surface area (Å²) in [6, 6.07) is 8.24. The van der Waals surface area contributed by atoms with Crippen LogP contribution in [0.15, 0.2) is 24.3 Å². The van der Waals surface area contributed by atoms with Crippen molar-refractivity contribution in [2.75, 3.05) is 71.1 Å². The second-order valence-electron chi connectivity index (χ2n) is 8.40. The molecule has 1 N–H and O–H groups in total. The highest BCUT2D eigenvalue weighted by Crippen LogP contribution is 2.27. The number of para-hydroxylation sites is 2. The number of rotatable bonds is 9. The predicted octanol–water partition coefficient (Wildman–Crippen LogP) is 1.74. The molecule has 170 valence electrons. The average molecular weight is 430 g/mol. The number of anilines is 1. The van der Waals surface area contributed by atoms with Crippen molar-refractivity contribution in [2.24, 2.45) is 5.92 Å². The molecule has 2 aromatic rings. The molecule has 8 nitrogen and oxygen atoms in total. The van der Waals surface area contributed by atoms with Crippen molar-refractivity contribution in [1.82, 2.24) is 19.8 Å². The van der Waals surface area contributed by atoms with E-state index in [0.717, 1.165) is 95.3 Å². The number of hydrogen-bond acceptors (Lipinski definition) is 6. The van der Waals surface area contributed by atoms with E-state index in [1.54, 1.807) is 7.11 Å². The van der Waals surface area contributed by atoms with Gasteiger partial charge in [0.1, 0.15) is 0 Å². The quantitative estimate of drug-likeness (QED) is 0.613. The van der Waals surface area contributed by atoms with E-state index in [2.05, 4.69) is 31.8 Å². The van der Waals surface area contributed by atoms with Crippen LogP contribution < -0.4 is 10.2 Å². The lowest BCUT2D eigenvalue weighted by atomic mass is 9.96. The monoisotopic (exact) mass is 429 g/mol. The van der Waals surface area contributed by atoms with Gasteiger partial charge in [-0.1, -0.05) is 12.1 Å². The van der Waals surface area contributed by atoms with Crippen molar-refractivity contribution in [3.63, 3.8) is 0 Å². The summed E-state index contributed by atoms with van der Waals surface area (Å²) in [5.41, 5.74) is 2.14. The van der Waals surface area contributed by atoms with E-state index < -0.39 is 0 Å². The van der Waals surface area contributed by atoms with Gasteiger partial charge in [-0.15, -0.1) is 0 Å². The molecule has 1 amide bonds. The first-order valence-electron chi connectivity index (χ1n) is 11.5. The Hall–Kier alpha value is -2.16. The zero-order valence-electron chi connectivity index (χ0n) is 18.6. The molecule has 3 heterocycles. The minimum atomic E-state index is 0.0939. The Kier molecular flexibility index (Phi) is 7.77. The number of fused-ring (bicyclic) bond motifs is 1. The Morgan fingerprint density at radius 3 is 2.71 bits per heavy atom. The van der Waals surface area contributed by atoms with Gasteiger partial charge in [-0.3, -0.25) is 9.69 Å². The van der Waals surface area contributed by atoms with E-state index in [1.807, 2.05) is 12.1 Å². The summed E-state index contributed by atoms with van der Waals surface area (Å²) >= 11 is 0. The molecule has 1 aromatic carbocycles. The third kappa shape index (κ3) is 5.56. The molecule has 31 heavy (non-hydrogen) atoms. The lowest BCUT2D eigenvalue weighted by Gasteiger charge is -2.32. The molecule has 4 rings (SSSR count). The highest BCUT2D eigenvalue weighted by atomic mass is 16.5. The number of imidazole rings is 1. The Balaban J connectivity index is 1.27. The number of methoxy groups -OCH3 is 1. The molecule has 2 saturated heterocycles. The van der Waals surface area contributed by atoms with Crippen LogP contribution in [0.1, 0.15) is 19.3 Å². The molecular formula is C23H35N5O3. The number of aromatic nitrogens is 2. The second kappa shape index (κ2) is 10.9. The number of morpholine rings is 1. The number of ether oxygens (including phenoxy) is 2. The van der Waals surface area contributed by atoms with Crippen LogP contribution in [0.4, 0.5) is 5.95 Å². The van der Waals surface area contributed by atoms with Crippen molar-refractivity contribution in [2.45, 2.75) is 25.8 Å². The lowest BCUT2D eigenvalue weighted by Crippen LogP contribution is -2.42. The van der Waals surface area contributed by atoms with E-state index in [1.165, 1.54) is 0 Å². The van der Waals surface area contributed by atoms with E-state index in [9.17, 15) is 4.79 Å². The first kappa shape index (κ1) is 22.0. The van der Waals surface area contributed by atoms with Crippen molar-refractivity contribution < 1.29 is 14.3 Å². The average Bonchev–Trinajstić information content (AvgIpc) is 3.19. The summed E-state index contributed by atoms with van der Waals surface area (Å²) in [6.45, 7) is 8.55. The van der Waals surface area contributed by atoms with Crippen LogP contribution in [-0.4, -0.2) is 86.6 Å². The summed E-state index contributed by atoms with van der Waals surface area (Å²) in [5, 5.41) is 3.15. The van der Waals surface area contributed by atoms with Crippen molar-refractivity contribution in [3.05, 3.63) is 24.3 Å². The number of carbonyl (C=O) groups is 1. The van der Waals surface area contributed by atoms with Crippen LogP contribution in [0.3, 0.4) is 0 Å². The maximum absolute atomic E-state index is 12.6. The predicted molar refractivity (Wildman–Crippen MR) is 121 cm³/mol. The van der Waals surface area contributed by atoms with Crippen LogP contribution in [-0.2, 0) is 20.8 Å². The van der Waals surface area contributed by atoms with Gasteiger partial charge in [-0.25, -0.2) is 4.98 Å². The van der Waals surface area contributed by atoms with Crippen LogP contribution in [0.5, 0.6) is 0 Å². The van der Waals surface area contributed by atoms with Gasteiger partial charge in [0.2, 0.25) is 11.9 Å². The fourth-order valence-electron chi connectivity index (χ4n) is 4.53. The van der Waals surface area contributed by atoms with Crippen LogP contribution in [0.25, 0.3) is 11.0 Å². The molecule has 0 unspecified atom stereocenters. The topological polar surface area (TPSA) is 71.9 Å². The van der Waals surface area contributed by atoms with Gasteiger partial charge in [-0.2, -0.15) is 0 Å². The number of nitrogens with one attached hydrogen (secondary N) is 1. The Labute approximate surface area is 184 Å². The number of amides is 1. The normalized spacial score (nSPS) is 18.5. The number of nitrogens with zero attached hydrogens (tertiary/aromatic N) is 4. The van der Waals surface area contributed by atoms with Crippen molar-refractivity contribution in [1.29, 1.82) is 0 Å². The SMILES string of the molecule is COCCn1c(N2CCC(C(=O)NCCCN3CCOCC3)CC2)nc2ccccc21. The second-order valence-corrected chi connectivity index (χ2v) is 8.40. The van der Waals surface area contributed by atoms with Crippen molar-refractivity contribution in [3.8, 4) is 0 Å². The molecule has 2 fully saturated rings. The van der Waals surface area contributed by atoms with Gasteiger partial charge in [0.15, 0.2) is 0 Å². The van der Waals surface area contributed by atoms with E-state index in [-0.39, 0.29) is 11.8 Å². The summed E-state index contributed by atoms with van der Waals surface area (Å²) in [4.78, 5) is 22.2. The van der Waals surface area contributed by atoms with E-state index >= 15 is 0 Å². The number of carbonyl (C=O) groups excluding carboxylic acids is 1. The molecule has 0 saturated carbocycles. The standard InChI is InChI=1S/C23H35N5O3/c1-30-16-15-28-21-6-3-2-5-20(21)25-23(28)27-11-7-19(8-12-27)22(29)24-9-4-10-26-13-17-31-18-14-26/h2-3,5-6,19H,4,7-18H2,1H3,(H,24,29). The first-order valence-corrected chi connectivity index (χ1v) is 11.5. The highest BCUT2D eigenvalue weighted by molar-refractivity contribution is 5.80. The van der Waals surface area contributed by atoms with Crippen molar-refractivity contribution >= 4 is 22.9 Å². The Morgan fingerprint density at radius 1 is 1.16 bits per heavy atom. The minimum Gasteiger partial charge on any atom is -0.383 e. The Morgan fingerprint density at radius 2 is 1.94 bits per heavy atom. The van der Waals surface area contributed by atoms with Crippen LogP contribution in [0.2, 0.25) is 0 Å². The van der Waals surface area contributed by atoms with Gasteiger partial charge in [-0.05, 0) is 37.9 Å². The van der Waals surface area contributed by atoms with Gasteiger partial charge in [0.05, 0.1) is 30.9 Å². The number of piperidine rings is 1. The van der Waals surface area contributed by atoms with Gasteiger partial charge >= 0.3 is 0 Å². The molecule has 1 aromatic heterocycles. The molecule has 0 spiro atoms. The highest BCUT2D eigenvalue weighted by Gasteiger charge is 2.27. The maximum atomic E-state index is 12.6. The van der Waals surface area contributed by atoms with Gasteiger partial charge in [0, 0.05) is 52.3 Å². The Bertz CT molecular complexity index is 841. The third-order valence-corrected chi connectivity index (χ3v) is 6.36. The third-order valence-electron chi connectivity index (χ3n) is 6.36. The lowest BCUT2D eigenvalue weighted by molar-refractivity contribution is -0.125. The summed E-state index contributed by atoms with van der Waals surface area (Å²) in [5.74, 6) is 1.29. The van der Waals surface area contributed by atoms with E-state index in [0.29, 0.717) is 6.61 Å². The molecule has 2 aliphatic rings. The molecule has 0 atom stereocenters.